The number of carbonyl (C=O) groups is 2. The number of ketones is 1. The van der Waals surface area contributed by atoms with E-state index < -0.39 is 20.6 Å². The molecule has 0 bridgehead atoms. The van der Waals surface area contributed by atoms with Gasteiger partial charge in [0.2, 0.25) is 5.91 Å². The Balaban J connectivity index is 2.27. The molecule has 124 valence electrons. The van der Waals surface area contributed by atoms with Crippen LogP contribution < -0.4 is 0 Å². The average Bonchev–Trinajstić information content (AvgIpc) is 2.37. The van der Waals surface area contributed by atoms with Crippen molar-refractivity contribution < 1.29 is 27.5 Å². The molecule has 8 heteroatoms. The summed E-state index contributed by atoms with van der Waals surface area (Å²) in [7, 11) is -1.99. The van der Waals surface area contributed by atoms with Gasteiger partial charge in [-0.25, -0.2) is 8.42 Å². The maximum atomic E-state index is 12.1. The lowest BCUT2D eigenvalue weighted by Gasteiger charge is -2.44. The van der Waals surface area contributed by atoms with Crippen molar-refractivity contribution in [3.63, 3.8) is 0 Å². The Labute approximate surface area is 130 Å². The van der Waals surface area contributed by atoms with Gasteiger partial charge in [-0.1, -0.05) is 20.8 Å². The van der Waals surface area contributed by atoms with Gasteiger partial charge in [0.15, 0.2) is 26.9 Å². The highest BCUT2D eigenvalue weighted by Gasteiger charge is 2.52. The summed E-state index contributed by atoms with van der Waals surface area (Å²) in [6.45, 7) is 5.14. The number of fused-ring (bicyclic) bond motifs is 1. The largest absolute Gasteiger partial charge is 0.471 e. The van der Waals surface area contributed by atoms with Gasteiger partial charge >= 0.3 is 0 Å². The Morgan fingerprint density at radius 3 is 2.50 bits per heavy atom. The Hall–Kier alpha value is -1.41. The number of hydrogen-bond acceptors (Lipinski definition) is 6. The van der Waals surface area contributed by atoms with Crippen molar-refractivity contribution in [2.45, 2.75) is 32.6 Å². The van der Waals surface area contributed by atoms with Gasteiger partial charge in [0.05, 0.1) is 18.8 Å². The molecule has 2 rings (SSSR count). The van der Waals surface area contributed by atoms with Crippen LogP contribution in [0.5, 0.6) is 0 Å². The first-order valence-corrected chi connectivity index (χ1v) is 8.70. The fourth-order valence-electron chi connectivity index (χ4n) is 2.29. The average molecular weight is 331 g/mol. The normalized spacial score (nSPS) is 23.9. The number of ether oxygens (including phenoxy) is 2. The number of nitrogens with zero attached hydrogens (tertiary/aromatic N) is 1. The summed E-state index contributed by atoms with van der Waals surface area (Å²) in [5.41, 5.74) is -0.199. The summed E-state index contributed by atoms with van der Waals surface area (Å²) < 4.78 is 34.7. The fraction of sp³-hybridized carbons (Fsp3) is 0.714. The molecule has 2 aliphatic heterocycles. The van der Waals surface area contributed by atoms with Crippen LogP contribution in [0.2, 0.25) is 0 Å². The zero-order valence-electron chi connectivity index (χ0n) is 13.2. The molecule has 0 aliphatic carbocycles. The van der Waals surface area contributed by atoms with E-state index in [2.05, 4.69) is 0 Å². The van der Waals surface area contributed by atoms with Crippen molar-refractivity contribution in [3.8, 4) is 0 Å². The monoisotopic (exact) mass is 331 g/mol. The minimum Gasteiger partial charge on any atom is -0.471 e. The zero-order chi connectivity index (χ0) is 16.7. The van der Waals surface area contributed by atoms with Crippen molar-refractivity contribution in [3.05, 3.63) is 11.5 Å². The summed E-state index contributed by atoms with van der Waals surface area (Å²) >= 11 is 0. The molecule has 1 saturated heterocycles. The van der Waals surface area contributed by atoms with Gasteiger partial charge in [0.1, 0.15) is 6.61 Å². The van der Waals surface area contributed by atoms with Crippen LogP contribution in [0.25, 0.3) is 0 Å². The van der Waals surface area contributed by atoms with Crippen molar-refractivity contribution >= 4 is 21.5 Å². The van der Waals surface area contributed by atoms with Crippen LogP contribution in [-0.4, -0.2) is 56.5 Å². The van der Waals surface area contributed by atoms with Gasteiger partial charge in [-0.3, -0.25) is 14.5 Å². The quantitative estimate of drug-likeness (QED) is 0.680. The van der Waals surface area contributed by atoms with E-state index >= 15 is 0 Å². The molecule has 0 radical (unpaired) electrons. The molecule has 0 aromatic heterocycles. The molecule has 0 unspecified atom stereocenters. The first-order valence-electron chi connectivity index (χ1n) is 6.98. The van der Waals surface area contributed by atoms with E-state index in [1.807, 2.05) is 0 Å². The molecule has 0 saturated carbocycles. The molecule has 1 amide bonds. The molecule has 2 heterocycles. The molecule has 7 nitrogen and oxygen atoms in total. The van der Waals surface area contributed by atoms with Crippen LogP contribution in [-0.2, 0) is 28.9 Å². The maximum absolute atomic E-state index is 12.1. The third-order valence-electron chi connectivity index (χ3n) is 3.71. The molecule has 0 N–H and O–H groups in total. The molecule has 0 aromatic rings. The molecule has 2 aliphatic rings. The summed E-state index contributed by atoms with van der Waals surface area (Å²) in [5.74, 6) is -0.501. The molecule has 0 aromatic carbocycles. The lowest BCUT2D eigenvalue weighted by atomic mass is 9.91. The molecule has 1 fully saturated rings. The lowest BCUT2D eigenvalue weighted by Crippen LogP contribution is -2.59. The lowest BCUT2D eigenvalue weighted by molar-refractivity contribution is -0.145. The Morgan fingerprint density at radius 1 is 1.36 bits per heavy atom. The highest BCUT2D eigenvalue weighted by Crippen LogP contribution is 2.36. The summed E-state index contributed by atoms with van der Waals surface area (Å²) in [5, 5.41) is -0.875. The standard InChI is InChI=1S/C14H21NO6S/c1-14(2,3)10(16)7-21-13-9(6-20-4)8-22(18,19)12-5-11(17)15(12)13/h12H,5-8H2,1-4H3/t12-/m0/s1. The minimum atomic E-state index is -3.43. The first-order chi connectivity index (χ1) is 10.1. The highest BCUT2D eigenvalue weighted by atomic mass is 32.2. The van der Waals surface area contributed by atoms with Gasteiger partial charge in [-0.15, -0.1) is 0 Å². The minimum absolute atomic E-state index is 0.0365. The number of β-lactam (4-membered cyclic amide) rings is 1. The van der Waals surface area contributed by atoms with E-state index in [1.165, 1.54) is 7.11 Å². The van der Waals surface area contributed by atoms with E-state index in [0.29, 0.717) is 5.57 Å². The van der Waals surface area contributed by atoms with Gasteiger partial charge in [0.25, 0.3) is 0 Å². The molecule has 22 heavy (non-hydrogen) atoms. The number of amides is 1. The van der Waals surface area contributed by atoms with Crippen molar-refractivity contribution in [1.82, 2.24) is 4.90 Å². The molecule has 0 spiro atoms. The van der Waals surface area contributed by atoms with Gasteiger partial charge in [-0.2, -0.15) is 0 Å². The van der Waals surface area contributed by atoms with Crippen LogP contribution in [0.3, 0.4) is 0 Å². The van der Waals surface area contributed by atoms with E-state index in [0.717, 1.165) is 4.90 Å². The maximum Gasteiger partial charge on any atom is 0.233 e. The smallest absolute Gasteiger partial charge is 0.233 e. The second kappa shape index (κ2) is 5.66. The second-order valence-corrected chi connectivity index (χ2v) is 8.69. The third kappa shape index (κ3) is 3.03. The Morgan fingerprint density at radius 2 is 2.00 bits per heavy atom. The highest BCUT2D eigenvalue weighted by molar-refractivity contribution is 7.92. The van der Waals surface area contributed by atoms with E-state index in [4.69, 9.17) is 9.47 Å². The number of carbonyl (C=O) groups excluding carboxylic acids is 2. The summed E-state index contributed by atoms with van der Waals surface area (Å²) in [6, 6.07) is 0. The van der Waals surface area contributed by atoms with Crippen LogP contribution in [0, 0.1) is 5.41 Å². The van der Waals surface area contributed by atoms with Crippen molar-refractivity contribution in [2.24, 2.45) is 5.41 Å². The van der Waals surface area contributed by atoms with Crippen molar-refractivity contribution in [1.29, 1.82) is 0 Å². The number of Topliss-reactive ketones (excluding diaryl/α,β-unsaturated/α-hetero) is 1. The van der Waals surface area contributed by atoms with Gasteiger partial charge in [0, 0.05) is 18.1 Å². The predicted molar refractivity (Wildman–Crippen MR) is 78.4 cm³/mol. The van der Waals surface area contributed by atoms with E-state index in [1.54, 1.807) is 20.8 Å². The van der Waals surface area contributed by atoms with Crippen LogP contribution in [0.15, 0.2) is 11.5 Å². The zero-order valence-corrected chi connectivity index (χ0v) is 14.0. The summed E-state index contributed by atoms with van der Waals surface area (Å²) in [4.78, 5) is 24.9. The second-order valence-electron chi connectivity index (χ2n) is 6.53. The molecular formula is C14H21NO6S. The number of methoxy groups -OCH3 is 1. The van der Waals surface area contributed by atoms with E-state index in [-0.39, 0.29) is 43.0 Å². The predicted octanol–water partition coefficient (Wildman–Crippen LogP) is 0.463. The number of rotatable bonds is 5. The molecule has 1 atom stereocenters. The number of sulfone groups is 1. The molecular weight excluding hydrogens is 310 g/mol. The first kappa shape index (κ1) is 17.0. The SMILES string of the molecule is COCC1=C(OCC(=O)C(C)(C)C)N2C(=O)C[C@@H]2S(=O)(=O)C1. The topological polar surface area (TPSA) is 90.0 Å². The van der Waals surface area contributed by atoms with Gasteiger partial charge in [-0.05, 0) is 0 Å². The summed E-state index contributed by atoms with van der Waals surface area (Å²) in [6.07, 6.45) is -0.0390. The Kier molecular flexibility index (Phi) is 4.36. The van der Waals surface area contributed by atoms with Crippen LogP contribution in [0.1, 0.15) is 27.2 Å². The van der Waals surface area contributed by atoms with Gasteiger partial charge < -0.3 is 9.47 Å². The Bertz CT molecular complexity index is 628. The number of hydrogen-bond donors (Lipinski definition) is 0. The van der Waals surface area contributed by atoms with Crippen molar-refractivity contribution in [2.75, 3.05) is 26.1 Å². The van der Waals surface area contributed by atoms with Crippen LogP contribution >= 0.6 is 0 Å². The van der Waals surface area contributed by atoms with E-state index in [9.17, 15) is 18.0 Å². The third-order valence-corrected chi connectivity index (χ3v) is 5.67. The fourth-order valence-corrected chi connectivity index (χ4v) is 4.11. The van der Waals surface area contributed by atoms with Crippen LogP contribution in [0.4, 0.5) is 0 Å².